The summed E-state index contributed by atoms with van der Waals surface area (Å²) in [6, 6.07) is 12.2. The molecule has 0 radical (unpaired) electrons. The molecule has 1 aliphatic heterocycles. The van der Waals surface area contributed by atoms with Crippen molar-refractivity contribution in [2.75, 3.05) is 5.75 Å². The molecule has 3 rings (SSSR count). The number of hydrogen-bond donors (Lipinski definition) is 1. The van der Waals surface area contributed by atoms with Gasteiger partial charge in [0.05, 0.1) is 21.8 Å². The molecule has 1 aromatic heterocycles. The predicted molar refractivity (Wildman–Crippen MR) is 111 cm³/mol. The number of nitro groups is 1. The van der Waals surface area contributed by atoms with Crippen LogP contribution in [0.4, 0.5) is 5.69 Å². The Bertz CT molecular complexity index is 1060. The zero-order chi connectivity index (χ0) is 21.0. The molecule has 2 heterocycles. The van der Waals surface area contributed by atoms with Crippen molar-refractivity contribution in [3.8, 4) is 6.07 Å². The summed E-state index contributed by atoms with van der Waals surface area (Å²) in [4.78, 5) is 30.7. The van der Waals surface area contributed by atoms with Gasteiger partial charge in [0.15, 0.2) is 0 Å². The summed E-state index contributed by atoms with van der Waals surface area (Å²) in [5.74, 6) is -1.72. The molecule has 2 aromatic rings. The molecule has 2 atom stereocenters. The molecule has 0 aliphatic carbocycles. The van der Waals surface area contributed by atoms with E-state index in [0.29, 0.717) is 16.3 Å². The van der Waals surface area contributed by atoms with Gasteiger partial charge in [-0.05, 0) is 35.8 Å². The summed E-state index contributed by atoms with van der Waals surface area (Å²) in [6.45, 7) is 1.82. The van der Waals surface area contributed by atoms with Crippen molar-refractivity contribution >= 4 is 34.0 Å². The highest BCUT2D eigenvalue weighted by Gasteiger charge is 2.37. The van der Waals surface area contributed by atoms with Crippen LogP contribution in [0.5, 0.6) is 0 Å². The summed E-state index contributed by atoms with van der Waals surface area (Å²) in [6.07, 6.45) is 3.28. The maximum atomic E-state index is 11.3. The molecule has 0 saturated heterocycles. The van der Waals surface area contributed by atoms with Crippen LogP contribution in [-0.4, -0.2) is 26.6 Å². The fourth-order valence-corrected chi connectivity index (χ4v) is 4.20. The quantitative estimate of drug-likeness (QED) is 0.597. The first-order valence-corrected chi connectivity index (χ1v) is 9.65. The van der Waals surface area contributed by atoms with Crippen molar-refractivity contribution in [3.05, 3.63) is 75.7 Å². The first kappa shape index (κ1) is 20.2. The Morgan fingerprint density at radius 1 is 1.34 bits per heavy atom. The second-order valence-corrected chi connectivity index (χ2v) is 7.37. The van der Waals surface area contributed by atoms with Crippen LogP contribution in [0.3, 0.4) is 0 Å². The van der Waals surface area contributed by atoms with Crippen LogP contribution >= 0.6 is 11.8 Å². The largest absolute Gasteiger partial charge is 0.369 e. The Balaban J connectivity index is 2.19. The van der Waals surface area contributed by atoms with E-state index in [1.807, 2.05) is 19.1 Å². The molecule has 0 fully saturated rings. The van der Waals surface area contributed by atoms with Gasteiger partial charge in [0.1, 0.15) is 5.92 Å². The second-order valence-electron chi connectivity index (χ2n) is 6.38. The number of nitro benzene ring substituents is 1. The van der Waals surface area contributed by atoms with E-state index in [2.05, 4.69) is 16.0 Å². The van der Waals surface area contributed by atoms with Crippen LogP contribution < -0.4 is 5.73 Å². The molecule has 1 aliphatic rings. The smallest absolute Gasteiger partial charge is 0.269 e. The van der Waals surface area contributed by atoms with Crippen molar-refractivity contribution in [3.63, 3.8) is 0 Å². The third-order valence-electron chi connectivity index (χ3n) is 4.51. The minimum Gasteiger partial charge on any atom is -0.369 e. The summed E-state index contributed by atoms with van der Waals surface area (Å²) in [7, 11) is 0. The van der Waals surface area contributed by atoms with E-state index in [0.717, 1.165) is 22.9 Å². The number of aliphatic imine (C=N–C) groups is 1. The number of rotatable bonds is 5. The lowest BCUT2D eigenvalue weighted by molar-refractivity contribution is -0.384. The number of nitrogens with two attached hydrogens (primary N) is 1. The maximum absolute atomic E-state index is 11.3. The molecular formula is C20H17N5O3S. The fraction of sp³-hybridized carbons (Fsp3) is 0.200. The number of nitriles is 1. The Hall–Kier alpha value is -3.51. The van der Waals surface area contributed by atoms with Crippen LogP contribution in [0.15, 0.2) is 59.5 Å². The zero-order valence-corrected chi connectivity index (χ0v) is 16.3. The van der Waals surface area contributed by atoms with Crippen LogP contribution in [0.2, 0.25) is 0 Å². The molecule has 2 unspecified atom stereocenters. The van der Waals surface area contributed by atoms with E-state index in [1.165, 1.54) is 12.1 Å². The molecule has 0 spiro atoms. The number of carbonyl (C=O) groups excluding carboxylic acids is 1. The Morgan fingerprint density at radius 2 is 2.07 bits per heavy atom. The summed E-state index contributed by atoms with van der Waals surface area (Å²) < 4.78 is 0. The van der Waals surface area contributed by atoms with Gasteiger partial charge in [-0.15, -0.1) is 0 Å². The van der Waals surface area contributed by atoms with Gasteiger partial charge >= 0.3 is 0 Å². The number of pyridine rings is 1. The SMILES string of the molecule is CC1=C(c2ccncc2)C(c2cccc([N+](=O)[O-])c2)C(C#N)C(SCC(N)=O)=N1. The van der Waals surface area contributed by atoms with Crippen LogP contribution in [-0.2, 0) is 4.79 Å². The maximum Gasteiger partial charge on any atom is 0.269 e. The lowest BCUT2D eigenvalue weighted by Crippen LogP contribution is -2.26. The summed E-state index contributed by atoms with van der Waals surface area (Å²) in [5, 5.41) is 21.7. The molecule has 0 saturated carbocycles. The first-order chi connectivity index (χ1) is 13.9. The Kier molecular flexibility index (Phi) is 6.04. The molecule has 1 aromatic carbocycles. The highest BCUT2D eigenvalue weighted by atomic mass is 32.2. The van der Waals surface area contributed by atoms with Crippen LogP contribution in [0.1, 0.15) is 24.0 Å². The second kappa shape index (κ2) is 8.67. The number of thioether (sulfide) groups is 1. The normalized spacial score (nSPS) is 18.7. The van der Waals surface area contributed by atoms with Gasteiger partial charge in [0.25, 0.3) is 5.69 Å². The number of hydrogen-bond acceptors (Lipinski definition) is 7. The number of aromatic nitrogens is 1. The van der Waals surface area contributed by atoms with Gasteiger partial charge in [0.2, 0.25) is 5.91 Å². The van der Waals surface area contributed by atoms with Crippen molar-refractivity contribution in [2.24, 2.45) is 16.6 Å². The van der Waals surface area contributed by atoms with Crippen molar-refractivity contribution in [1.82, 2.24) is 4.98 Å². The average molecular weight is 407 g/mol. The molecule has 0 bridgehead atoms. The van der Waals surface area contributed by atoms with E-state index in [4.69, 9.17) is 5.73 Å². The standard InChI is InChI=1S/C20H17N5O3S/c1-12-18(13-5-7-23-8-6-13)19(14-3-2-4-15(9-14)25(27)28)16(10-21)20(24-12)29-11-17(22)26/h2-9,16,19H,11H2,1H3,(H2,22,26). The molecule has 146 valence electrons. The Labute approximate surface area is 171 Å². The van der Waals surface area contributed by atoms with Crippen LogP contribution in [0, 0.1) is 27.4 Å². The van der Waals surface area contributed by atoms with Gasteiger partial charge in [-0.25, -0.2) is 4.99 Å². The molecule has 29 heavy (non-hydrogen) atoms. The highest BCUT2D eigenvalue weighted by molar-refractivity contribution is 8.14. The van der Waals surface area contributed by atoms with Gasteiger partial charge in [0, 0.05) is 36.1 Å². The minimum atomic E-state index is -0.715. The lowest BCUT2D eigenvalue weighted by Gasteiger charge is -2.31. The van der Waals surface area contributed by atoms with Crippen molar-refractivity contribution < 1.29 is 9.72 Å². The van der Waals surface area contributed by atoms with Gasteiger partial charge in [-0.3, -0.25) is 19.9 Å². The lowest BCUT2D eigenvalue weighted by atomic mass is 9.76. The van der Waals surface area contributed by atoms with Gasteiger partial charge < -0.3 is 5.73 Å². The number of benzene rings is 1. The van der Waals surface area contributed by atoms with Crippen molar-refractivity contribution in [1.29, 1.82) is 5.26 Å². The molecule has 8 nitrogen and oxygen atoms in total. The molecule has 1 amide bonds. The monoisotopic (exact) mass is 407 g/mol. The van der Waals surface area contributed by atoms with E-state index in [9.17, 15) is 20.2 Å². The van der Waals surface area contributed by atoms with E-state index in [1.54, 1.807) is 24.5 Å². The fourth-order valence-electron chi connectivity index (χ4n) is 3.34. The average Bonchev–Trinajstić information content (AvgIpc) is 2.72. The van der Waals surface area contributed by atoms with E-state index < -0.39 is 22.7 Å². The number of primary amides is 1. The van der Waals surface area contributed by atoms with Crippen LogP contribution in [0.25, 0.3) is 5.57 Å². The third-order valence-corrected chi connectivity index (χ3v) is 5.58. The number of nitrogens with zero attached hydrogens (tertiary/aromatic N) is 4. The zero-order valence-electron chi connectivity index (χ0n) is 15.5. The third kappa shape index (κ3) is 4.33. The number of allylic oxidation sites excluding steroid dienone is 2. The molecular weight excluding hydrogens is 390 g/mol. The number of non-ortho nitro benzene ring substituents is 1. The number of carbonyl (C=O) groups is 1. The highest BCUT2D eigenvalue weighted by Crippen LogP contribution is 2.45. The van der Waals surface area contributed by atoms with Gasteiger partial charge in [-0.1, -0.05) is 23.9 Å². The number of amides is 1. The molecule has 9 heteroatoms. The topological polar surface area (TPSA) is 135 Å². The van der Waals surface area contributed by atoms with Crippen molar-refractivity contribution in [2.45, 2.75) is 12.8 Å². The summed E-state index contributed by atoms with van der Waals surface area (Å²) >= 11 is 1.12. The molecule has 2 N–H and O–H groups in total. The first-order valence-electron chi connectivity index (χ1n) is 8.67. The van der Waals surface area contributed by atoms with E-state index >= 15 is 0 Å². The predicted octanol–water partition coefficient (Wildman–Crippen LogP) is 3.27. The van der Waals surface area contributed by atoms with Gasteiger partial charge in [-0.2, -0.15) is 5.26 Å². The Morgan fingerprint density at radius 3 is 2.69 bits per heavy atom. The summed E-state index contributed by atoms with van der Waals surface area (Å²) in [5.41, 5.74) is 8.13. The van der Waals surface area contributed by atoms with E-state index in [-0.39, 0.29) is 11.4 Å². The minimum absolute atomic E-state index is 0.00343.